The van der Waals surface area contributed by atoms with Crippen LogP contribution < -0.4 is 36.1 Å². The Morgan fingerprint density at radius 1 is 0.536 bits per heavy atom. The Labute approximate surface area is 726 Å². The molecule has 0 spiro atoms. The maximum atomic E-state index is 17.0. The second kappa shape index (κ2) is 43.4. The van der Waals surface area contributed by atoms with Gasteiger partial charge in [0.25, 0.3) is 23.7 Å². The minimum atomic E-state index is -3.25. The number of carbonyl (C=O) groups is 11. The first-order valence-electron chi connectivity index (χ1n) is 42.2. The van der Waals surface area contributed by atoms with Gasteiger partial charge in [0.2, 0.25) is 17.7 Å². The fraction of sp³-hybridized carbons (Fsp3) is 0.640. The largest absolute Gasteiger partial charge is 0.494 e. The predicted molar refractivity (Wildman–Crippen MR) is 449 cm³/mol. The van der Waals surface area contributed by atoms with Crippen LogP contribution >= 0.6 is 0 Å². The molecule has 4 saturated heterocycles. The van der Waals surface area contributed by atoms with E-state index in [9.17, 15) is 66.4 Å². The molecule has 2 aromatic carbocycles. The number of aromatic nitrogens is 2. The number of esters is 1. The number of nitrogens with one attached hydrogen (secondary N) is 5. The monoisotopic (exact) mass is 1750 g/mol. The Balaban J connectivity index is 1.09. The number of urea groups is 2. The summed E-state index contributed by atoms with van der Waals surface area (Å²) in [5, 5.41) is 38.3. The molecule has 2 aromatic heterocycles. The number of hydrogen-bond donors (Lipinski definition) is 5. The minimum absolute atomic E-state index is 0.000877. The maximum absolute atomic E-state index is 17.0. The van der Waals surface area contributed by atoms with E-state index in [1.807, 2.05) is 67.2 Å². The number of amides is 9. The molecule has 4 aliphatic heterocycles. The third-order valence-corrected chi connectivity index (χ3v) is 21.9. The number of benzene rings is 2. The van der Waals surface area contributed by atoms with Crippen molar-refractivity contribution in [3.8, 4) is 23.6 Å². The first-order valence-corrected chi connectivity index (χ1v) is 42.2. The average molecular weight is 1760 g/mol. The number of hydrogen-bond acceptors (Lipinski definition) is 26. The molecule has 4 fully saturated rings. The Bertz CT molecular complexity index is 4570. The molecule has 39 heteroatoms. The quantitative estimate of drug-likeness (QED) is 0.0248. The van der Waals surface area contributed by atoms with Crippen molar-refractivity contribution in [2.24, 2.45) is 16.2 Å². The fourth-order valence-corrected chi connectivity index (χ4v) is 17.1. The fourth-order valence-electron chi connectivity index (χ4n) is 17.1. The zero-order valence-electron chi connectivity index (χ0n) is 74.4. The zero-order chi connectivity index (χ0) is 92.2. The molecule has 125 heavy (non-hydrogen) atoms. The molecular weight excluding hydrogens is 1630 g/mol. The van der Waals surface area contributed by atoms with Crippen LogP contribution in [-0.4, -0.2) is 311 Å². The highest BCUT2D eigenvalue weighted by Gasteiger charge is 2.65. The Morgan fingerprint density at radius 2 is 1.01 bits per heavy atom. The molecule has 4 aliphatic rings. The van der Waals surface area contributed by atoms with Crippen molar-refractivity contribution in [1.29, 1.82) is 10.5 Å². The lowest BCUT2D eigenvalue weighted by atomic mass is 9.51. The maximum Gasteiger partial charge on any atom is 0.322 e. The first-order chi connectivity index (χ1) is 58.6. The summed E-state index contributed by atoms with van der Waals surface area (Å²) in [6.07, 6.45) is 2.28. The van der Waals surface area contributed by atoms with Crippen LogP contribution in [0.2, 0.25) is 0 Å². The van der Waals surface area contributed by atoms with Crippen molar-refractivity contribution in [2.45, 2.75) is 196 Å². The minimum Gasteiger partial charge on any atom is -0.494 e. The van der Waals surface area contributed by atoms with E-state index in [1.165, 1.54) is 60.5 Å². The van der Waals surface area contributed by atoms with Gasteiger partial charge in [-0.3, -0.25) is 58.0 Å². The molecular formula is C86H122F4N18O17. The Hall–Kier alpha value is -10.9. The van der Waals surface area contributed by atoms with E-state index in [0.29, 0.717) is 65.5 Å². The van der Waals surface area contributed by atoms with E-state index in [2.05, 4.69) is 36.6 Å². The standard InChI is InChI=1S/C86H122F4N18O17/c1-57(109)123-102-32-30-93-31-33-108(125-59(3)111)60(53-103(39-38-102)124-58(2)110)44-71(112)107-41-37-101(78(118)96-26-16-18-42-120-63-20-22-69-67(45-63)65(24-28-94-69)75(116)98-51-72(113)105-55-84(87,88)47-61(105)49-91)36-34-100(54-74(115)122-83(13,14)15)35-40-104(77(80(4,5)6)86(107,81(7,8)9)82(10,11)12)79(119)97-27-17-19-43-121-64-21-23-70-68(46-64)66(25-29-95-70)76(117)99-52-73(114)106-56-85(89,90)48-62(106)50-92/h20-25,28-29,45-46,60-62,77,93H,16-19,26-27,30-44,47-48,51-56H2,1-15H3,(H,96,118)(H,97,119)(H,98,116)(H,99,117)/t60?,61-,62-,77?/m0/s1. The van der Waals surface area contributed by atoms with Crippen LogP contribution in [0.4, 0.5) is 27.2 Å². The second-order valence-corrected chi connectivity index (χ2v) is 35.9. The van der Waals surface area contributed by atoms with Crippen molar-refractivity contribution in [3.05, 3.63) is 72.1 Å². The van der Waals surface area contributed by atoms with E-state index in [1.54, 1.807) is 84.0 Å². The summed E-state index contributed by atoms with van der Waals surface area (Å²) in [5.74, 6) is -12.0. The first kappa shape index (κ1) is 99.6. The number of nitrogens with zero attached hydrogens (tertiary/aromatic N) is 13. The second-order valence-electron chi connectivity index (χ2n) is 35.9. The average Bonchev–Trinajstić information content (AvgIpc) is 1.29. The summed E-state index contributed by atoms with van der Waals surface area (Å²) in [6, 6.07) is 10.3. The van der Waals surface area contributed by atoms with E-state index in [4.69, 9.17) is 28.7 Å². The molecule has 4 aromatic rings. The van der Waals surface area contributed by atoms with Crippen molar-refractivity contribution < 1.29 is 99.0 Å². The molecule has 0 aliphatic carbocycles. The van der Waals surface area contributed by atoms with Gasteiger partial charge < -0.3 is 79.8 Å². The van der Waals surface area contributed by atoms with Crippen LogP contribution in [0.25, 0.3) is 21.8 Å². The van der Waals surface area contributed by atoms with Gasteiger partial charge in [0.15, 0.2) is 0 Å². The number of ether oxygens (including phenoxy) is 3. The third-order valence-electron chi connectivity index (χ3n) is 21.9. The summed E-state index contributed by atoms with van der Waals surface area (Å²) >= 11 is 0. The Morgan fingerprint density at radius 3 is 1.49 bits per heavy atom. The van der Waals surface area contributed by atoms with Crippen molar-refractivity contribution in [3.63, 3.8) is 0 Å². The van der Waals surface area contributed by atoms with E-state index in [0.717, 1.165) is 9.80 Å². The smallest absolute Gasteiger partial charge is 0.322 e. The van der Waals surface area contributed by atoms with Crippen LogP contribution in [0.15, 0.2) is 60.9 Å². The van der Waals surface area contributed by atoms with E-state index < -0.39 is 174 Å². The number of pyridine rings is 2. The predicted octanol–water partition coefficient (Wildman–Crippen LogP) is 7.24. The summed E-state index contributed by atoms with van der Waals surface area (Å²) < 4.78 is 75.1. The Kier molecular flexibility index (Phi) is 34.5. The molecule has 0 saturated carbocycles. The summed E-state index contributed by atoms with van der Waals surface area (Å²) in [5.41, 5.74) is -4.44. The van der Waals surface area contributed by atoms with Crippen molar-refractivity contribution in [1.82, 2.24) is 81.1 Å². The number of alkyl halides is 4. The molecule has 0 bridgehead atoms. The van der Waals surface area contributed by atoms with Crippen molar-refractivity contribution >= 4 is 87.3 Å². The summed E-state index contributed by atoms with van der Waals surface area (Å²) in [7, 11) is 0. The van der Waals surface area contributed by atoms with E-state index >= 15 is 14.4 Å². The SMILES string of the molecule is CC(=O)ON1CCNCCN(OC(C)=O)C(CC(=O)N2CCN(C(=O)NCCCCOc3ccc4nccc(C(=O)NCC(=O)N5CC(F)(F)C[C@H]5C#N)c4c3)CCN(CC(=O)OC(C)(C)C)CCN(C(=O)NCCCCOc3ccc4nccc(C(=O)NCC(=O)N5CC(F)(F)C[C@H]5C#N)c4c3)C(C(C)(C)C)C2(C(C)(C)C)C(C)(C)C)CN(OC(C)=O)CC1. The molecule has 9 amide bonds. The number of carbonyl (C=O) groups excluding carboxylic acids is 11. The number of unbranched alkanes of at least 4 members (excludes halogenated alkanes) is 2. The molecule has 686 valence electrons. The van der Waals surface area contributed by atoms with Gasteiger partial charge in [-0.25, -0.2) is 27.2 Å². The number of nitriles is 2. The van der Waals surface area contributed by atoms with Gasteiger partial charge in [-0.15, -0.1) is 15.2 Å². The highest BCUT2D eigenvalue weighted by Crippen LogP contribution is 2.56. The lowest BCUT2D eigenvalue weighted by Gasteiger charge is -2.67. The zero-order valence-corrected chi connectivity index (χ0v) is 74.4. The lowest BCUT2D eigenvalue weighted by molar-refractivity contribution is -0.228. The van der Waals surface area contributed by atoms with Gasteiger partial charge in [0.05, 0.1) is 117 Å². The number of rotatable bonds is 25. The van der Waals surface area contributed by atoms with E-state index in [-0.39, 0.29) is 123 Å². The summed E-state index contributed by atoms with van der Waals surface area (Å²) in [6.45, 7) is 23.9. The highest BCUT2D eigenvalue weighted by atomic mass is 19.3. The molecule has 8 rings (SSSR count). The lowest BCUT2D eigenvalue weighted by Crippen LogP contribution is -2.79. The van der Waals surface area contributed by atoms with Crippen LogP contribution in [0, 0.1) is 38.9 Å². The van der Waals surface area contributed by atoms with Gasteiger partial charge in [0, 0.05) is 142 Å². The normalized spacial score (nSPS) is 19.9. The van der Waals surface area contributed by atoms with Gasteiger partial charge in [-0.05, 0) is 111 Å². The molecule has 6 heterocycles. The third kappa shape index (κ3) is 27.8. The number of likely N-dealkylation sites (tertiary alicyclic amines) is 2. The van der Waals surface area contributed by atoms with Crippen molar-refractivity contribution in [2.75, 3.05) is 144 Å². The van der Waals surface area contributed by atoms with Crippen LogP contribution in [-0.2, 0) is 52.8 Å². The molecule has 35 nitrogen and oxygen atoms in total. The number of fused-ring (bicyclic) bond motifs is 2. The topological polar surface area (TPSA) is 406 Å². The van der Waals surface area contributed by atoms with Gasteiger partial charge >= 0.3 is 35.9 Å². The summed E-state index contributed by atoms with van der Waals surface area (Å²) in [4.78, 5) is 189. The van der Waals surface area contributed by atoms with Crippen LogP contribution in [0.5, 0.6) is 11.5 Å². The highest BCUT2D eigenvalue weighted by molar-refractivity contribution is 6.08. The molecule has 5 N–H and O–H groups in total. The van der Waals surface area contributed by atoms with Crippen LogP contribution in [0.3, 0.4) is 0 Å². The number of halogens is 4. The molecule has 0 radical (unpaired) electrons. The van der Waals surface area contributed by atoms with Crippen LogP contribution in [0.1, 0.15) is 170 Å². The molecule has 4 atom stereocenters. The van der Waals surface area contributed by atoms with Gasteiger partial charge in [-0.2, -0.15) is 10.5 Å². The number of hydroxylamine groups is 6. The molecule has 2 unspecified atom stereocenters. The van der Waals surface area contributed by atoms with Gasteiger partial charge in [-0.1, -0.05) is 62.3 Å². The van der Waals surface area contributed by atoms with Gasteiger partial charge in [0.1, 0.15) is 29.2 Å².